The van der Waals surface area contributed by atoms with Crippen molar-refractivity contribution in [3.63, 3.8) is 0 Å². The number of ether oxygens (including phenoxy) is 2. The highest BCUT2D eigenvalue weighted by atomic mass is 33.1. The van der Waals surface area contributed by atoms with Crippen molar-refractivity contribution in [3.8, 4) is 0 Å². The Morgan fingerprint density at radius 1 is 0.364 bits per heavy atom. The third-order valence-electron chi connectivity index (χ3n) is 8.41. The molecular formula is C38H74O4S2. The van der Waals surface area contributed by atoms with Gasteiger partial charge in [-0.1, -0.05) is 202 Å². The van der Waals surface area contributed by atoms with E-state index in [1.165, 1.54) is 154 Å². The summed E-state index contributed by atoms with van der Waals surface area (Å²) in [6.07, 6.45) is 38.2. The van der Waals surface area contributed by atoms with Crippen LogP contribution in [0, 0.1) is 0 Å². The van der Waals surface area contributed by atoms with Crippen LogP contribution in [0.5, 0.6) is 0 Å². The molecule has 0 aliphatic heterocycles. The molecule has 0 aliphatic carbocycles. The summed E-state index contributed by atoms with van der Waals surface area (Å²) >= 11 is 0. The number of hydrogen-bond donors (Lipinski definition) is 0. The minimum Gasteiger partial charge on any atom is -0.465 e. The van der Waals surface area contributed by atoms with Gasteiger partial charge in [-0.05, 0) is 12.8 Å². The Morgan fingerprint density at radius 2 is 0.591 bits per heavy atom. The first-order chi connectivity index (χ1) is 21.7. The molecule has 0 aromatic rings. The molecule has 0 radical (unpaired) electrons. The van der Waals surface area contributed by atoms with Gasteiger partial charge < -0.3 is 9.47 Å². The molecule has 0 saturated heterocycles. The predicted molar refractivity (Wildman–Crippen MR) is 197 cm³/mol. The number of carbonyl (C=O) groups excluding carboxylic acids is 2. The van der Waals surface area contributed by atoms with Crippen LogP contribution < -0.4 is 0 Å². The second-order valence-electron chi connectivity index (χ2n) is 12.8. The van der Waals surface area contributed by atoms with Crippen LogP contribution in [0.2, 0.25) is 0 Å². The van der Waals surface area contributed by atoms with E-state index in [0.29, 0.717) is 26.1 Å². The lowest BCUT2D eigenvalue weighted by Gasteiger charge is -2.06. The van der Waals surface area contributed by atoms with Crippen LogP contribution in [0.4, 0.5) is 0 Å². The molecular weight excluding hydrogens is 585 g/mol. The number of hydrogen-bond acceptors (Lipinski definition) is 6. The highest BCUT2D eigenvalue weighted by Gasteiger charge is 2.05. The Labute approximate surface area is 282 Å². The topological polar surface area (TPSA) is 52.6 Å². The van der Waals surface area contributed by atoms with Crippen molar-refractivity contribution in [2.45, 2.75) is 206 Å². The van der Waals surface area contributed by atoms with Gasteiger partial charge in [0.1, 0.15) is 13.2 Å². The molecule has 6 heteroatoms. The Hall–Kier alpha value is -0.360. The summed E-state index contributed by atoms with van der Waals surface area (Å²) in [5.74, 6) is 1.43. The largest absolute Gasteiger partial charge is 0.465 e. The van der Waals surface area contributed by atoms with Crippen molar-refractivity contribution in [1.82, 2.24) is 0 Å². The molecule has 0 saturated carbocycles. The highest BCUT2D eigenvalue weighted by Crippen LogP contribution is 2.21. The SMILES string of the molecule is CCCCCCCCCCCCCCCCCC(=O)OCCSSCCOC(=O)CCCCCCCCCCCCCCC. The summed E-state index contributed by atoms with van der Waals surface area (Å²) in [6, 6.07) is 0. The molecule has 0 rings (SSSR count). The van der Waals surface area contributed by atoms with Gasteiger partial charge in [-0.3, -0.25) is 9.59 Å². The van der Waals surface area contributed by atoms with Crippen LogP contribution in [0.3, 0.4) is 0 Å². The summed E-state index contributed by atoms with van der Waals surface area (Å²) in [4.78, 5) is 23.8. The Bertz CT molecular complexity index is 587. The van der Waals surface area contributed by atoms with E-state index < -0.39 is 0 Å². The molecule has 262 valence electrons. The summed E-state index contributed by atoms with van der Waals surface area (Å²) in [5, 5.41) is 0. The van der Waals surface area contributed by atoms with Crippen LogP contribution in [0.1, 0.15) is 206 Å². The molecule has 0 bridgehead atoms. The highest BCUT2D eigenvalue weighted by molar-refractivity contribution is 8.76. The molecule has 0 amide bonds. The maximum Gasteiger partial charge on any atom is 0.305 e. The van der Waals surface area contributed by atoms with E-state index in [0.717, 1.165) is 37.2 Å². The molecule has 0 fully saturated rings. The van der Waals surface area contributed by atoms with Crippen molar-refractivity contribution in [2.24, 2.45) is 0 Å². The van der Waals surface area contributed by atoms with Crippen LogP contribution in [0.25, 0.3) is 0 Å². The third-order valence-corrected chi connectivity index (χ3v) is 10.7. The van der Waals surface area contributed by atoms with Gasteiger partial charge in [0.15, 0.2) is 0 Å². The van der Waals surface area contributed by atoms with E-state index in [1.54, 1.807) is 21.6 Å². The Balaban J connectivity index is 3.24. The quantitative estimate of drug-likeness (QED) is 0.0376. The molecule has 0 spiro atoms. The summed E-state index contributed by atoms with van der Waals surface area (Å²) < 4.78 is 10.7. The molecule has 0 aromatic heterocycles. The number of esters is 2. The van der Waals surface area contributed by atoms with Gasteiger partial charge in [0, 0.05) is 24.3 Å². The van der Waals surface area contributed by atoms with Gasteiger partial charge >= 0.3 is 11.9 Å². The molecule has 0 unspecified atom stereocenters. The number of rotatable bonds is 37. The first-order valence-electron chi connectivity index (χ1n) is 19.3. The van der Waals surface area contributed by atoms with Gasteiger partial charge in [0.25, 0.3) is 0 Å². The summed E-state index contributed by atoms with van der Waals surface area (Å²) in [7, 11) is 3.36. The predicted octanol–water partition coefficient (Wildman–Crippen LogP) is 13.2. The van der Waals surface area contributed by atoms with Crippen molar-refractivity contribution < 1.29 is 19.1 Å². The van der Waals surface area contributed by atoms with Crippen LogP contribution in [-0.2, 0) is 19.1 Å². The number of unbranched alkanes of at least 4 members (excludes halogenated alkanes) is 26. The average Bonchev–Trinajstić information content (AvgIpc) is 3.02. The molecule has 0 heterocycles. The van der Waals surface area contributed by atoms with Crippen molar-refractivity contribution >= 4 is 33.5 Å². The second-order valence-corrected chi connectivity index (χ2v) is 15.5. The van der Waals surface area contributed by atoms with E-state index in [4.69, 9.17) is 9.47 Å². The molecule has 0 aromatic carbocycles. The fourth-order valence-corrected chi connectivity index (χ4v) is 7.22. The lowest BCUT2D eigenvalue weighted by Crippen LogP contribution is -2.08. The molecule has 0 atom stereocenters. The van der Waals surface area contributed by atoms with E-state index in [-0.39, 0.29) is 11.9 Å². The number of carbonyl (C=O) groups is 2. The molecule has 0 aliphatic rings. The molecule has 4 nitrogen and oxygen atoms in total. The summed E-state index contributed by atoms with van der Waals surface area (Å²) in [6.45, 7) is 5.48. The zero-order chi connectivity index (χ0) is 32.0. The maximum absolute atomic E-state index is 11.9. The van der Waals surface area contributed by atoms with Crippen LogP contribution >= 0.6 is 21.6 Å². The first-order valence-corrected chi connectivity index (χ1v) is 21.7. The lowest BCUT2D eigenvalue weighted by molar-refractivity contribution is -0.144. The zero-order valence-corrected chi connectivity index (χ0v) is 31.1. The van der Waals surface area contributed by atoms with Crippen molar-refractivity contribution in [3.05, 3.63) is 0 Å². The third kappa shape index (κ3) is 37.8. The van der Waals surface area contributed by atoms with E-state index in [1.807, 2.05) is 0 Å². The van der Waals surface area contributed by atoms with Crippen molar-refractivity contribution in [2.75, 3.05) is 24.7 Å². The van der Waals surface area contributed by atoms with E-state index >= 15 is 0 Å². The van der Waals surface area contributed by atoms with Gasteiger partial charge in [0.05, 0.1) is 0 Å². The van der Waals surface area contributed by atoms with Gasteiger partial charge in [-0.2, -0.15) is 0 Å². The van der Waals surface area contributed by atoms with Crippen LogP contribution in [-0.4, -0.2) is 36.7 Å². The zero-order valence-electron chi connectivity index (χ0n) is 29.5. The smallest absolute Gasteiger partial charge is 0.305 e. The van der Waals surface area contributed by atoms with E-state index in [2.05, 4.69) is 13.8 Å². The summed E-state index contributed by atoms with van der Waals surface area (Å²) in [5.41, 5.74) is 0. The minimum atomic E-state index is -0.0635. The fourth-order valence-electron chi connectivity index (χ4n) is 5.57. The standard InChI is InChI=1S/C38H74O4S2/c1-3-5-7-9-11-13-15-17-18-20-22-24-26-28-30-32-38(40)42-34-36-44-43-35-33-41-37(39)31-29-27-25-23-21-19-16-14-12-10-8-6-4-2/h3-36H2,1-2H3. The fraction of sp³-hybridized carbons (Fsp3) is 0.947. The lowest BCUT2D eigenvalue weighted by atomic mass is 10.0. The normalized spacial score (nSPS) is 11.2. The Morgan fingerprint density at radius 3 is 0.841 bits per heavy atom. The molecule has 44 heavy (non-hydrogen) atoms. The molecule has 0 N–H and O–H groups in total. The second kappa shape index (κ2) is 38.8. The average molecular weight is 659 g/mol. The monoisotopic (exact) mass is 659 g/mol. The van der Waals surface area contributed by atoms with Gasteiger partial charge in [-0.25, -0.2) is 0 Å². The first kappa shape index (κ1) is 43.6. The maximum atomic E-state index is 11.9. The van der Waals surface area contributed by atoms with Crippen LogP contribution in [0.15, 0.2) is 0 Å². The van der Waals surface area contributed by atoms with E-state index in [9.17, 15) is 9.59 Å². The van der Waals surface area contributed by atoms with Crippen molar-refractivity contribution in [1.29, 1.82) is 0 Å². The Kier molecular flexibility index (Phi) is 38.5. The van der Waals surface area contributed by atoms with Gasteiger partial charge in [-0.15, -0.1) is 0 Å². The van der Waals surface area contributed by atoms with Gasteiger partial charge in [0.2, 0.25) is 0 Å². The minimum absolute atomic E-state index is 0.0626.